The molecule has 1 aromatic carbocycles. The van der Waals surface area contributed by atoms with Gasteiger partial charge in [-0.05, 0) is 43.3 Å². The van der Waals surface area contributed by atoms with Gasteiger partial charge in [0, 0.05) is 22.5 Å². The van der Waals surface area contributed by atoms with Crippen LogP contribution < -0.4 is 10.9 Å². The van der Waals surface area contributed by atoms with Crippen LogP contribution >= 0.6 is 11.3 Å². The number of fused-ring (bicyclic) bond motifs is 1. The molecule has 26 heavy (non-hydrogen) atoms. The van der Waals surface area contributed by atoms with Crippen molar-refractivity contribution in [3.05, 3.63) is 75.4 Å². The molecule has 0 aliphatic rings. The van der Waals surface area contributed by atoms with Crippen LogP contribution in [0.3, 0.4) is 0 Å². The van der Waals surface area contributed by atoms with Gasteiger partial charge in [-0.1, -0.05) is 0 Å². The molecule has 0 saturated heterocycles. The highest BCUT2D eigenvalue weighted by atomic mass is 32.1. The number of carbonyl (C=O) groups is 1. The summed E-state index contributed by atoms with van der Waals surface area (Å²) >= 11 is 1.37. The van der Waals surface area contributed by atoms with E-state index in [1.165, 1.54) is 46.2 Å². The molecule has 0 aliphatic carbocycles. The number of aromatic nitrogens is 3. The van der Waals surface area contributed by atoms with Gasteiger partial charge in [-0.15, -0.1) is 11.3 Å². The van der Waals surface area contributed by atoms with E-state index in [9.17, 15) is 14.0 Å². The van der Waals surface area contributed by atoms with Gasteiger partial charge in [0.05, 0.1) is 5.69 Å². The second-order valence-corrected chi connectivity index (χ2v) is 6.94. The lowest BCUT2D eigenvalue weighted by Crippen LogP contribution is -2.17. The van der Waals surface area contributed by atoms with E-state index in [4.69, 9.17) is 0 Å². The van der Waals surface area contributed by atoms with Crippen molar-refractivity contribution in [1.82, 2.24) is 14.5 Å². The Labute approximate surface area is 150 Å². The summed E-state index contributed by atoms with van der Waals surface area (Å²) in [5, 5.41) is 3.91. The number of aryl methyl sites for hydroxylation is 1. The number of nitrogens with zero attached hydrogens (tertiary/aromatic N) is 2. The second-order valence-electron chi connectivity index (χ2n) is 5.70. The molecule has 4 rings (SSSR count). The summed E-state index contributed by atoms with van der Waals surface area (Å²) in [5.74, 6) is -0.743. The van der Waals surface area contributed by atoms with E-state index in [-0.39, 0.29) is 17.3 Å². The lowest BCUT2D eigenvalue weighted by molar-refractivity contribution is 0.102. The minimum atomic E-state index is -0.390. The third-order valence-electron chi connectivity index (χ3n) is 3.85. The van der Waals surface area contributed by atoms with Gasteiger partial charge in [0.1, 0.15) is 17.2 Å². The van der Waals surface area contributed by atoms with Crippen molar-refractivity contribution in [3.63, 3.8) is 0 Å². The molecule has 3 aromatic heterocycles. The standard InChI is InChI=1S/C18H13FN4O2S/c1-10-9-20-18(26-10)22-17(25)14-8-11-2-7-15(24)23(16(11)21-14)13-5-3-12(19)4-6-13/h2-9,21H,1H3,(H,20,22,25). The molecule has 0 radical (unpaired) electrons. The fraction of sp³-hybridized carbons (Fsp3) is 0.0556. The first-order valence-corrected chi connectivity index (χ1v) is 8.57. The lowest BCUT2D eigenvalue weighted by atomic mass is 10.2. The molecule has 4 aromatic rings. The topological polar surface area (TPSA) is 79.8 Å². The van der Waals surface area contributed by atoms with E-state index >= 15 is 0 Å². The Balaban J connectivity index is 1.77. The van der Waals surface area contributed by atoms with Crippen LogP contribution in [0.2, 0.25) is 0 Å². The molecule has 8 heteroatoms. The number of halogens is 1. The predicted octanol–water partition coefficient (Wildman–Crippen LogP) is 3.48. The van der Waals surface area contributed by atoms with Crippen molar-refractivity contribution in [2.75, 3.05) is 5.32 Å². The quantitative estimate of drug-likeness (QED) is 0.581. The van der Waals surface area contributed by atoms with Crippen LogP contribution in [0.4, 0.5) is 9.52 Å². The normalized spacial score (nSPS) is 11.0. The molecule has 6 nitrogen and oxygen atoms in total. The number of pyridine rings is 1. The largest absolute Gasteiger partial charge is 0.336 e. The van der Waals surface area contributed by atoms with E-state index in [0.29, 0.717) is 27.5 Å². The highest BCUT2D eigenvalue weighted by molar-refractivity contribution is 7.15. The third kappa shape index (κ3) is 2.91. The Hall–Kier alpha value is -3.26. The van der Waals surface area contributed by atoms with Crippen molar-refractivity contribution >= 4 is 33.4 Å². The average Bonchev–Trinajstić information content (AvgIpc) is 3.22. The molecule has 0 saturated carbocycles. The number of aromatic amines is 1. The van der Waals surface area contributed by atoms with Gasteiger partial charge in [-0.3, -0.25) is 19.5 Å². The third-order valence-corrected chi connectivity index (χ3v) is 4.68. The Morgan fingerprint density at radius 3 is 2.69 bits per heavy atom. The number of thiazole rings is 1. The number of nitrogens with one attached hydrogen (secondary N) is 2. The summed E-state index contributed by atoms with van der Waals surface area (Å²) in [6.45, 7) is 1.90. The maximum Gasteiger partial charge on any atom is 0.273 e. The Kier molecular flexibility index (Phi) is 3.89. The van der Waals surface area contributed by atoms with E-state index < -0.39 is 0 Å². The van der Waals surface area contributed by atoms with Gasteiger partial charge >= 0.3 is 0 Å². The fourth-order valence-corrected chi connectivity index (χ4v) is 3.32. The first-order chi connectivity index (χ1) is 12.5. The number of amides is 1. The van der Waals surface area contributed by atoms with Gasteiger partial charge in [0.2, 0.25) is 0 Å². The number of anilines is 1. The van der Waals surface area contributed by atoms with Crippen molar-refractivity contribution in [2.24, 2.45) is 0 Å². The van der Waals surface area contributed by atoms with Crippen LogP contribution in [0, 0.1) is 12.7 Å². The molecule has 3 heterocycles. The summed E-state index contributed by atoms with van der Waals surface area (Å²) in [5.41, 5.74) is 0.985. The van der Waals surface area contributed by atoms with Crippen molar-refractivity contribution in [2.45, 2.75) is 6.92 Å². The summed E-state index contributed by atoms with van der Waals surface area (Å²) in [6.07, 6.45) is 1.68. The van der Waals surface area contributed by atoms with Gasteiger partial charge in [0.15, 0.2) is 5.13 Å². The Bertz CT molecular complexity index is 1170. The smallest absolute Gasteiger partial charge is 0.273 e. The number of rotatable bonds is 3. The van der Waals surface area contributed by atoms with Crippen LogP contribution in [-0.2, 0) is 0 Å². The molecular weight excluding hydrogens is 355 g/mol. The molecule has 0 atom stereocenters. The van der Waals surface area contributed by atoms with Gasteiger partial charge in [0.25, 0.3) is 11.5 Å². The molecule has 0 fully saturated rings. The summed E-state index contributed by atoms with van der Waals surface area (Å²) < 4.78 is 14.6. The predicted molar refractivity (Wildman–Crippen MR) is 98.7 cm³/mol. The Morgan fingerprint density at radius 2 is 2.00 bits per heavy atom. The van der Waals surface area contributed by atoms with Crippen LogP contribution in [0.5, 0.6) is 0 Å². The first kappa shape index (κ1) is 16.2. The number of carbonyl (C=O) groups excluding carboxylic acids is 1. The average molecular weight is 368 g/mol. The molecule has 0 aliphatic heterocycles. The zero-order valence-corrected chi connectivity index (χ0v) is 14.4. The monoisotopic (exact) mass is 368 g/mol. The molecule has 0 spiro atoms. The number of hydrogen-bond acceptors (Lipinski definition) is 4. The molecule has 2 N–H and O–H groups in total. The van der Waals surface area contributed by atoms with E-state index in [1.807, 2.05) is 6.92 Å². The summed E-state index contributed by atoms with van der Waals surface area (Å²) in [7, 11) is 0. The van der Waals surface area contributed by atoms with Crippen LogP contribution in [-0.4, -0.2) is 20.4 Å². The maximum absolute atomic E-state index is 13.2. The molecule has 130 valence electrons. The first-order valence-electron chi connectivity index (χ1n) is 7.76. The van der Waals surface area contributed by atoms with E-state index in [2.05, 4.69) is 15.3 Å². The van der Waals surface area contributed by atoms with Crippen molar-refractivity contribution in [1.29, 1.82) is 0 Å². The van der Waals surface area contributed by atoms with Crippen molar-refractivity contribution < 1.29 is 9.18 Å². The highest BCUT2D eigenvalue weighted by Gasteiger charge is 2.14. The zero-order valence-electron chi connectivity index (χ0n) is 13.6. The van der Waals surface area contributed by atoms with E-state index in [1.54, 1.807) is 18.3 Å². The summed E-state index contributed by atoms with van der Waals surface area (Å²) in [6, 6.07) is 10.3. The number of benzene rings is 1. The summed E-state index contributed by atoms with van der Waals surface area (Å²) in [4.78, 5) is 32.9. The Morgan fingerprint density at radius 1 is 1.23 bits per heavy atom. The van der Waals surface area contributed by atoms with E-state index in [0.717, 1.165) is 4.88 Å². The van der Waals surface area contributed by atoms with Gasteiger partial charge in [-0.2, -0.15) is 0 Å². The molecule has 0 unspecified atom stereocenters. The SMILES string of the molecule is Cc1cnc(NC(=O)c2cc3ccc(=O)n(-c4ccc(F)cc4)c3[nH]2)s1. The van der Waals surface area contributed by atoms with Crippen LogP contribution in [0.1, 0.15) is 15.4 Å². The fourth-order valence-electron chi connectivity index (χ4n) is 2.66. The lowest BCUT2D eigenvalue weighted by Gasteiger charge is -2.07. The van der Waals surface area contributed by atoms with Crippen molar-refractivity contribution in [3.8, 4) is 5.69 Å². The number of H-pyrrole nitrogens is 1. The molecule has 1 amide bonds. The van der Waals surface area contributed by atoms with Crippen LogP contribution in [0.15, 0.2) is 53.5 Å². The van der Waals surface area contributed by atoms with Gasteiger partial charge < -0.3 is 4.98 Å². The highest BCUT2D eigenvalue weighted by Crippen LogP contribution is 2.20. The minimum Gasteiger partial charge on any atom is -0.336 e. The molecule has 0 bridgehead atoms. The second kappa shape index (κ2) is 6.23. The van der Waals surface area contributed by atoms with Crippen LogP contribution in [0.25, 0.3) is 16.7 Å². The maximum atomic E-state index is 13.2. The molecular formula is C18H13FN4O2S. The van der Waals surface area contributed by atoms with Gasteiger partial charge in [-0.25, -0.2) is 9.37 Å². The number of hydrogen-bond donors (Lipinski definition) is 2. The zero-order chi connectivity index (χ0) is 18.3. The minimum absolute atomic E-state index is 0.284.